The van der Waals surface area contributed by atoms with Crippen molar-refractivity contribution in [1.82, 2.24) is 10.2 Å². The summed E-state index contributed by atoms with van der Waals surface area (Å²) < 4.78 is 0. The number of nitrogens with zero attached hydrogens (tertiary/aromatic N) is 1. The summed E-state index contributed by atoms with van der Waals surface area (Å²) in [6.45, 7) is 1.18. The van der Waals surface area contributed by atoms with Crippen LogP contribution in [-0.4, -0.2) is 47.2 Å². The fourth-order valence-electron chi connectivity index (χ4n) is 4.50. The second-order valence-electron chi connectivity index (χ2n) is 6.93. The van der Waals surface area contributed by atoms with Crippen molar-refractivity contribution in [3.8, 4) is 0 Å². The van der Waals surface area contributed by atoms with E-state index in [4.69, 9.17) is 5.11 Å². The molecule has 114 valence electrons. The molecule has 0 aromatic rings. The summed E-state index contributed by atoms with van der Waals surface area (Å²) in [5.41, 5.74) is 0. The van der Waals surface area contributed by atoms with Crippen molar-refractivity contribution in [2.45, 2.75) is 75.9 Å². The third-order valence-electron chi connectivity index (χ3n) is 5.43. The first-order chi connectivity index (χ1) is 9.76. The average Bonchev–Trinajstić information content (AvgIpc) is 3.03. The summed E-state index contributed by atoms with van der Waals surface area (Å²) in [6, 6.07) is 1.75. The van der Waals surface area contributed by atoms with Crippen molar-refractivity contribution >= 4 is 5.91 Å². The number of piperidine rings is 1. The first-order valence-corrected chi connectivity index (χ1v) is 8.42. The Bertz CT molecular complexity index is 335. The lowest BCUT2D eigenvalue weighted by Crippen LogP contribution is -2.41. The van der Waals surface area contributed by atoms with Crippen molar-refractivity contribution in [1.29, 1.82) is 0 Å². The number of aliphatic hydroxyl groups excluding tert-OH is 1. The van der Waals surface area contributed by atoms with E-state index in [0.29, 0.717) is 30.0 Å². The van der Waals surface area contributed by atoms with Crippen LogP contribution in [-0.2, 0) is 4.79 Å². The lowest BCUT2D eigenvalue weighted by molar-refractivity contribution is -0.133. The van der Waals surface area contributed by atoms with Crippen LogP contribution in [0.4, 0.5) is 0 Å². The van der Waals surface area contributed by atoms with Gasteiger partial charge >= 0.3 is 0 Å². The Balaban J connectivity index is 1.50. The van der Waals surface area contributed by atoms with E-state index in [1.165, 1.54) is 25.7 Å². The Morgan fingerprint density at radius 1 is 1.20 bits per heavy atom. The number of nitrogens with one attached hydrogen (secondary N) is 1. The molecule has 2 N–H and O–H groups in total. The van der Waals surface area contributed by atoms with Gasteiger partial charge in [-0.05, 0) is 57.3 Å². The van der Waals surface area contributed by atoms with E-state index >= 15 is 0 Å². The highest BCUT2D eigenvalue weighted by atomic mass is 16.3. The first-order valence-electron chi connectivity index (χ1n) is 8.42. The molecule has 2 bridgehead atoms. The van der Waals surface area contributed by atoms with Gasteiger partial charge in [0.2, 0.25) is 5.91 Å². The Morgan fingerprint density at radius 3 is 2.65 bits per heavy atom. The lowest BCUT2D eigenvalue weighted by Gasteiger charge is -2.31. The van der Waals surface area contributed by atoms with E-state index in [2.05, 4.69) is 10.2 Å². The normalized spacial score (nSPS) is 36.5. The molecule has 4 heteroatoms. The number of likely N-dealkylation sites (tertiary alicyclic amines) is 1. The molecule has 4 nitrogen and oxygen atoms in total. The fraction of sp³-hybridized carbons (Fsp3) is 0.938. The highest BCUT2D eigenvalue weighted by molar-refractivity contribution is 5.77. The van der Waals surface area contributed by atoms with Crippen molar-refractivity contribution in [3.05, 3.63) is 0 Å². The van der Waals surface area contributed by atoms with E-state index < -0.39 is 0 Å². The summed E-state index contributed by atoms with van der Waals surface area (Å²) in [5, 5.41) is 12.6. The quantitative estimate of drug-likeness (QED) is 0.805. The minimum atomic E-state index is 0.246. The predicted octanol–water partition coefficient (Wildman–Crippen LogP) is 1.67. The third-order valence-corrected chi connectivity index (χ3v) is 5.43. The zero-order valence-electron chi connectivity index (χ0n) is 12.4. The number of rotatable bonds is 5. The lowest BCUT2D eigenvalue weighted by atomic mass is 9.89. The van der Waals surface area contributed by atoms with Gasteiger partial charge in [0.1, 0.15) is 0 Å². The van der Waals surface area contributed by atoms with Crippen molar-refractivity contribution in [3.63, 3.8) is 0 Å². The molecular weight excluding hydrogens is 252 g/mol. The van der Waals surface area contributed by atoms with Gasteiger partial charge in [-0.15, -0.1) is 0 Å². The highest BCUT2D eigenvalue weighted by Gasteiger charge is 2.36. The minimum absolute atomic E-state index is 0.246. The zero-order valence-corrected chi connectivity index (χ0v) is 12.4. The van der Waals surface area contributed by atoms with Crippen LogP contribution in [0.2, 0.25) is 0 Å². The molecule has 3 rings (SSSR count). The molecule has 1 amide bonds. The van der Waals surface area contributed by atoms with E-state index in [-0.39, 0.29) is 6.61 Å². The fourth-order valence-corrected chi connectivity index (χ4v) is 4.50. The van der Waals surface area contributed by atoms with Crippen LogP contribution >= 0.6 is 0 Å². The average molecular weight is 280 g/mol. The Morgan fingerprint density at radius 2 is 1.95 bits per heavy atom. The molecule has 20 heavy (non-hydrogen) atoms. The summed E-state index contributed by atoms with van der Waals surface area (Å²) in [4.78, 5) is 14.7. The standard InChI is InChI=1S/C16H28N2O2/c19-8-2-4-15-3-1-7-18(15)16(20)11-12-9-13-5-6-14(10-12)17-13/h12-15,17,19H,1-11H2. The highest BCUT2D eigenvalue weighted by Crippen LogP contribution is 2.34. The van der Waals surface area contributed by atoms with Crippen LogP contribution in [0.3, 0.4) is 0 Å². The number of hydrogen-bond donors (Lipinski definition) is 2. The maximum absolute atomic E-state index is 12.6. The van der Waals surface area contributed by atoms with E-state index in [1.54, 1.807) is 0 Å². The molecule has 3 unspecified atom stereocenters. The van der Waals surface area contributed by atoms with Gasteiger partial charge in [-0.3, -0.25) is 4.79 Å². The van der Waals surface area contributed by atoms with Gasteiger partial charge in [0.05, 0.1) is 0 Å². The molecule has 0 aromatic heterocycles. The van der Waals surface area contributed by atoms with Crippen LogP contribution < -0.4 is 5.32 Å². The first kappa shape index (κ1) is 14.3. The van der Waals surface area contributed by atoms with Crippen LogP contribution in [0, 0.1) is 5.92 Å². The number of aliphatic hydroxyl groups is 1. The topological polar surface area (TPSA) is 52.6 Å². The maximum Gasteiger partial charge on any atom is 0.223 e. The predicted molar refractivity (Wildman–Crippen MR) is 78.3 cm³/mol. The van der Waals surface area contributed by atoms with Gasteiger partial charge in [-0.25, -0.2) is 0 Å². The summed E-state index contributed by atoms with van der Waals surface area (Å²) in [7, 11) is 0. The number of fused-ring (bicyclic) bond motifs is 2. The molecule has 3 aliphatic rings. The van der Waals surface area contributed by atoms with Crippen molar-refractivity contribution < 1.29 is 9.90 Å². The van der Waals surface area contributed by atoms with Crippen molar-refractivity contribution in [2.75, 3.05) is 13.2 Å². The second kappa shape index (κ2) is 6.44. The molecule has 0 aliphatic carbocycles. The molecule has 3 fully saturated rings. The van der Waals surface area contributed by atoms with Crippen molar-refractivity contribution in [2.24, 2.45) is 5.92 Å². The number of carbonyl (C=O) groups excluding carboxylic acids is 1. The Kier molecular flexibility index (Phi) is 4.61. The molecule has 0 aromatic carbocycles. The molecular formula is C16H28N2O2. The van der Waals surface area contributed by atoms with Crippen LogP contribution in [0.15, 0.2) is 0 Å². The molecule has 3 saturated heterocycles. The third kappa shape index (κ3) is 3.17. The van der Waals surface area contributed by atoms with E-state index in [9.17, 15) is 4.79 Å². The van der Waals surface area contributed by atoms with Gasteiger partial charge < -0.3 is 15.3 Å². The smallest absolute Gasteiger partial charge is 0.223 e. The van der Waals surface area contributed by atoms with Gasteiger partial charge in [-0.2, -0.15) is 0 Å². The van der Waals surface area contributed by atoms with Gasteiger partial charge in [-0.1, -0.05) is 0 Å². The number of carbonyl (C=O) groups is 1. The Hall–Kier alpha value is -0.610. The van der Waals surface area contributed by atoms with Gasteiger partial charge in [0, 0.05) is 37.7 Å². The molecule has 3 aliphatic heterocycles. The number of hydrogen-bond acceptors (Lipinski definition) is 3. The molecule has 3 atom stereocenters. The molecule has 0 radical (unpaired) electrons. The van der Waals surface area contributed by atoms with Gasteiger partial charge in [0.25, 0.3) is 0 Å². The number of amides is 1. The molecule has 3 heterocycles. The second-order valence-corrected chi connectivity index (χ2v) is 6.93. The summed E-state index contributed by atoms with van der Waals surface area (Å²) >= 11 is 0. The van der Waals surface area contributed by atoms with Crippen LogP contribution in [0.25, 0.3) is 0 Å². The largest absolute Gasteiger partial charge is 0.396 e. The maximum atomic E-state index is 12.6. The molecule has 0 spiro atoms. The van der Waals surface area contributed by atoms with Crippen LogP contribution in [0.1, 0.15) is 57.8 Å². The minimum Gasteiger partial charge on any atom is -0.396 e. The van der Waals surface area contributed by atoms with Crippen LogP contribution in [0.5, 0.6) is 0 Å². The Labute approximate surface area is 121 Å². The summed E-state index contributed by atoms with van der Waals surface area (Å²) in [6.07, 6.45) is 9.81. The summed E-state index contributed by atoms with van der Waals surface area (Å²) in [5.74, 6) is 0.970. The monoisotopic (exact) mass is 280 g/mol. The SMILES string of the molecule is O=C(CC1CC2CCC(C1)N2)N1CCCC1CCCO. The van der Waals surface area contributed by atoms with E-state index in [0.717, 1.165) is 38.6 Å². The zero-order chi connectivity index (χ0) is 13.9. The van der Waals surface area contributed by atoms with Gasteiger partial charge in [0.15, 0.2) is 0 Å². The van der Waals surface area contributed by atoms with E-state index in [1.807, 2.05) is 0 Å². The molecule has 0 saturated carbocycles.